The maximum Gasteiger partial charge on any atom is 0.348 e. The van der Waals surface area contributed by atoms with E-state index in [1.165, 1.54) is 12.1 Å². The summed E-state index contributed by atoms with van der Waals surface area (Å²) in [6.07, 6.45) is 3.33. The number of hydrogen-bond donors (Lipinski definition) is 2. The van der Waals surface area contributed by atoms with Crippen LogP contribution in [0.4, 0.5) is 0 Å². The van der Waals surface area contributed by atoms with E-state index in [1.54, 1.807) is 38.1 Å². The highest BCUT2D eigenvalue weighted by molar-refractivity contribution is 7.20. The van der Waals surface area contributed by atoms with Crippen LogP contribution in [0.2, 0.25) is 0 Å². The van der Waals surface area contributed by atoms with E-state index >= 15 is 0 Å². The number of aromatic amines is 1. The molecule has 0 amide bonds. The fourth-order valence-corrected chi connectivity index (χ4v) is 3.63. The number of rotatable bonds is 5. The molecule has 0 spiro atoms. The summed E-state index contributed by atoms with van der Waals surface area (Å²) in [5.41, 5.74) is 1.19. The minimum atomic E-state index is -0.993. The van der Waals surface area contributed by atoms with E-state index in [2.05, 4.69) is 9.97 Å². The van der Waals surface area contributed by atoms with Crippen molar-refractivity contribution in [1.29, 1.82) is 0 Å². The second-order valence-corrected chi connectivity index (χ2v) is 6.67. The van der Waals surface area contributed by atoms with Crippen molar-refractivity contribution >= 4 is 45.6 Å². The Balaban J connectivity index is 1.95. The van der Waals surface area contributed by atoms with Crippen LogP contribution in [0.3, 0.4) is 0 Å². The van der Waals surface area contributed by atoms with Gasteiger partial charge in [-0.15, -0.1) is 11.3 Å². The summed E-state index contributed by atoms with van der Waals surface area (Å²) in [6.45, 7) is 3.67. The van der Waals surface area contributed by atoms with Crippen molar-refractivity contribution < 1.29 is 19.4 Å². The Bertz CT molecular complexity index is 1110. The number of carbonyl (C=O) groups is 2. The summed E-state index contributed by atoms with van der Waals surface area (Å²) >= 11 is 1.12. The molecule has 2 N–H and O–H groups in total. The highest BCUT2D eigenvalue weighted by Gasteiger charge is 2.19. The van der Waals surface area contributed by atoms with Crippen molar-refractivity contribution in [2.24, 2.45) is 0 Å². The van der Waals surface area contributed by atoms with E-state index in [9.17, 15) is 14.4 Å². The Morgan fingerprint density at radius 1 is 1.26 bits per heavy atom. The van der Waals surface area contributed by atoms with Crippen molar-refractivity contribution in [1.82, 2.24) is 9.97 Å². The molecule has 0 aliphatic heterocycles. The normalized spacial score (nSPS) is 11.2. The van der Waals surface area contributed by atoms with Gasteiger partial charge >= 0.3 is 11.9 Å². The average Bonchev–Trinajstić information content (AvgIpc) is 2.97. The van der Waals surface area contributed by atoms with Gasteiger partial charge in [0.25, 0.3) is 5.56 Å². The monoisotopic (exact) mass is 384 g/mol. The third kappa shape index (κ3) is 3.80. The molecule has 0 radical (unpaired) electrons. The van der Waals surface area contributed by atoms with E-state index in [-0.39, 0.29) is 17.7 Å². The quantitative estimate of drug-likeness (QED) is 0.653. The van der Waals surface area contributed by atoms with Gasteiger partial charge in [0.15, 0.2) is 0 Å². The summed E-state index contributed by atoms with van der Waals surface area (Å²) in [6, 6.07) is 6.31. The molecule has 138 valence electrons. The largest absolute Gasteiger partial charge is 0.478 e. The Labute approximate surface area is 158 Å². The number of ether oxygens (including phenoxy) is 1. The molecule has 0 aliphatic carbocycles. The third-order valence-electron chi connectivity index (χ3n) is 3.87. The predicted molar refractivity (Wildman–Crippen MR) is 103 cm³/mol. The fraction of sp³-hybridized carbons (Fsp3) is 0.158. The molecule has 1 aromatic carbocycles. The first-order valence-electron chi connectivity index (χ1n) is 8.12. The zero-order valence-corrected chi connectivity index (χ0v) is 15.4. The zero-order chi connectivity index (χ0) is 19.6. The number of esters is 1. The van der Waals surface area contributed by atoms with Crippen LogP contribution in [-0.2, 0) is 4.74 Å². The van der Waals surface area contributed by atoms with Crippen LogP contribution >= 0.6 is 11.3 Å². The summed E-state index contributed by atoms with van der Waals surface area (Å²) in [5.74, 6) is -1.12. The third-order valence-corrected chi connectivity index (χ3v) is 5.04. The first kappa shape index (κ1) is 18.5. The lowest BCUT2D eigenvalue weighted by atomic mass is 10.1. The molecule has 0 saturated carbocycles. The standard InChI is InChI=1S/C19H16N2O5S/c1-3-26-19(25)15-10(2)14-16(22)20-13(21-17(14)27-15)9-6-11-4-7-12(8-5-11)18(23)24/h4-9H,3H2,1-2H3,(H,23,24)(H,20,21,22)/b9-6+. The lowest BCUT2D eigenvalue weighted by molar-refractivity contribution is 0.0531. The number of hydrogen-bond acceptors (Lipinski definition) is 6. The molecule has 2 aromatic heterocycles. The number of thiophene rings is 1. The number of nitrogens with zero attached hydrogens (tertiary/aromatic N) is 1. The van der Waals surface area contributed by atoms with E-state index in [0.29, 0.717) is 26.5 Å². The Morgan fingerprint density at radius 2 is 1.96 bits per heavy atom. The molecule has 0 saturated heterocycles. The van der Waals surface area contributed by atoms with E-state index < -0.39 is 11.9 Å². The number of carboxylic acid groups (broad SMARTS) is 1. The minimum absolute atomic E-state index is 0.195. The number of aromatic carboxylic acids is 1. The summed E-state index contributed by atoms with van der Waals surface area (Å²) < 4.78 is 5.02. The smallest absolute Gasteiger partial charge is 0.348 e. The van der Waals surface area contributed by atoms with Gasteiger partial charge in [-0.1, -0.05) is 18.2 Å². The van der Waals surface area contributed by atoms with Gasteiger partial charge in [-0.05, 0) is 43.2 Å². The molecule has 3 rings (SSSR count). The molecule has 0 fully saturated rings. The topological polar surface area (TPSA) is 109 Å². The van der Waals surface area contributed by atoms with E-state index in [1.807, 2.05) is 0 Å². The first-order chi connectivity index (χ1) is 12.9. The summed E-state index contributed by atoms with van der Waals surface area (Å²) in [5, 5.41) is 9.29. The number of carboxylic acids is 1. The van der Waals surface area contributed by atoms with Crippen LogP contribution in [0.25, 0.3) is 22.4 Å². The minimum Gasteiger partial charge on any atom is -0.478 e. The SMILES string of the molecule is CCOC(=O)c1sc2nc(/C=C/c3ccc(C(=O)O)cc3)[nH]c(=O)c2c1C. The van der Waals surface area contributed by atoms with Gasteiger partial charge < -0.3 is 14.8 Å². The van der Waals surface area contributed by atoms with Crippen molar-refractivity contribution in [3.05, 3.63) is 62.0 Å². The molecule has 0 aliphatic rings. The molecule has 8 heteroatoms. The second-order valence-electron chi connectivity index (χ2n) is 5.67. The van der Waals surface area contributed by atoms with Crippen LogP contribution in [-0.4, -0.2) is 33.6 Å². The highest BCUT2D eigenvalue weighted by atomic mass is 32.1. The highest BCUT2D eigenvalue weighted by Crippen LogP contribution is 2.27. The zero-order valence-electron chi connectivity index (χ0n) is 14.6. The maximum absolute atomic E-state index is 12.4. The van der Waals surface area contributed by atoms with Crippen LogP contribution in [0, 0.1) is 6.92 Å². The van der Waals surface area contributed by atoms with Gasteiger partial charge in [0.2, 0.25) is 0 Å². The number of aromatic nitrogens is 2. The molecule has 0 bridgehead atoms. The molecule has 7 nitrogen and oxygen atoms in total. The molecule has 2 heterocycles. The molecule has 0 unspecified atom stereocenters. The van der Waals surface area contributed by atoms with E-state index in [4.69, 9.17) is 9.84 Å². The lowest BCUT2D eigenvalue weighted by Gasteiger charge is -1.98. The molecular weight excluding hydrogens is 368 g/mol. The maximum atomic E-state index is 12.4. The van der Waals surface area contributed by atoms with Crippen molar-refractivity contribution in [2.45, 2.75) is 13.8 Å². The Hall–Kier alpha value is -3.26. The van der Waals surface area contributed by atoms with Crippen molar-refractivity contribution in [3.8, 4) is 0 Å². The predicted octanol–water partition coefficient (Wildman–Crippen LogP) is 3.34. The van der Waals surface area contributed by atoms with Gasteiger partial charge in [0.05, 0.1) is 17.6 Å². The number of fused-ring (bicyclic) bond motifs is 1. The Morgan fingerprint density at radius 3 is 2.59 bits per heavy atom. The lowest BCUT2D eigenvalue weighted by Crippen LogP contribution is -2.10. The van der Waals surface area contributed by atoms with Gasteiger partial charge in [-0.3, -0.25) is 4.79 Å². The van der Waals surface area contributed by atoms with Crippen molar-refractivity contribution in [2.75, 3.05) is 6.61 Å². The van der Waals surface area contributed by atoms with Crippen LogP contribution in [0.5, 0.6) is 0 Å². The summed E-state index contributed by atoms with van der Waals surface area (Å²) in [4.78, 5) is 43.2. The number of aryl methyl sites for hydroxylation is 1. The van der Waals surface area contributed by atoms with Gasteiger partial charge in [0, 0.05) is 0 Å². The number of nitrogens with one attached hydrogen (secondary N) is 1. The van der Waals surface area contributed by atoms with Gasteiger partial charge in [-0.25, -0.2) is 14.6 Å². The molecule has 3 aromatic rings. The van der Waals surface area contributed by atoms with Crippen LogP contribution in [0.1, 0.15) is 43.9 Å². The molecule has 0 atom stereocenters. The van der Waals surface area contributed by atoms with Crippen molar-refractivity contribution in [3.63, 3.8) is 0 Å². The number of benzene rings is 1. The van der Waals surface area contributed by atoms with Crippen LogP contribution < -0.4 is 5.56 Å². The van der Waals surface area contributed by atoms with Crippen LogP contribution in [0.15, 0.2) is 29.1 Å². The fourth-order valence-electron chi connectivity index (χ4n) is 2.54. The second kappa shape index (κ2) is 7.55. The Kier molecular flexibility index (Phi) is 5.18. The van der Waals surface area contributed by atoms with E-state index in [0.717, 1.165) is 16.9 Å². The molecule has 27 heavy (non-hydrogen) atoms. The number of H-pyrrole nitrogens is 1. The van der Waals surface area contributed by atoms with Gasteiger partial charge in [0.1, 0.15) is 15.5 Å². The molecular formula is C19H16N2O5S. The van der Waals surface area contributed by atoms with Gasteiger partial charge in [-0.2, -0.15) is 0 Å². The summed E-state index contributed by atoms with van der Waals surface area (Å²) in [7, 11) is 0. The first-order valence-corrected chi connectivity index (χ1v) is 8.94. The number of carbonyl (C=O) groups excluding carboxylic acids is 1. The average molecular weight is 384 g/mol.